The van der Waals surface area contributed by atoms with Gasteiger partial charge in [-0.1, -0.05) is 42.5 Å². The number of carbonyl (C=O) groups is 1. The minimum absolute atomic E-state index is 0.275. The van der Waals surface area contributed by atoms with Gasteiger partial charge in [0.2, 0.25) is 0 Å². The predicted molar refractivity (Wildman–Crippen MR) is 99.6 cm³/mol. The van der Waals surface area contributed by atoms with Gasteiger partial charge >= 0.3 is 6.03 Å². The van der Waals surface area contributed by atoms with E-state index in [-0.39, 0.29) is 6.03 Å². The van der Waals surface area contributed by atoms with Gasteiger partial charge in [0.1, 0.15) is 0 Å². The molecule has 0 saturated heterocycles. The Morgan fingerprint density at radius 3 is 2.64 bits per heavy atom. The van der Waals surface area contributed by atoms with Crippen LogP contribution in [0.15, 0.2) is 54.6 Å². The van der Waals surface area contributed by atoms with Gasteiger partial charge in [0.15, 0.2) is 0 Å². The van der Waals surface area contributed by atoms with E-state index in [1.165, 1.54) is 5.56 Å². The van der Waals surface area contributed by atoms with Crippen molar-refractivity contribution in [3.8, 4) is 0 Å². The molecule has 0 aromatic heterocycles. The summed E-state index contributed by atoms with van der Waals surface area (Å²) in [6.07, 6.45) is 0.990. The zero-order valence-corrected chi connectivity index (χ0v) is 14.6. The number of hydrogen-bond donors (Lipinski definition) is 3. The molecule has 0 aliphatic carbocycles. The molecule has 0 bridgehead atoms. The fraction of sp³-hybridized carbons (Fsp3) is 0.350. The van der Waals surface area contributed by atoms with Crippen molar-refractivity contribution in [1.29, 1.82) is 0 Å². The van der Waals surface area contributed by atoms with Crippen LogP contribution in [0.4, 0.5) is 10.5 Å². The molecule has 0 unspecified atom stereocenters. The molecule has 2 rings (SSSR count). The number of ether oxygens (including phenoxy) is 1. The molecular formula is C20H26N2O3. The highest BCUT2D eigenvalue weighted by molar-refractivity contribution is 5.89. The van der Waals surface area contributed by atoms with Crippen LogP contribution >= 0.6 is 0 Å². The molecule has 0 fully saturated rings. The molecule has 0 radical (unpaired) electrons. The summed E-state index contributed by atoms with van der Waals surface area (Å²) in [7, 11) is 0. The van der Waals surface area contributed by atoms with Gasteiger partial charge in [0, 0.05) is 12.2 Å². The summed E-state index contributed by atoms with van der Waals surface area (Å²) in [6.45, 7) is 3.29. The molecular weight excluding hydrogens is 316 g/mol. The molecule has 3 N–H and O–H groups in total. The second kappa shape index (κ2) is 10.5. The normalized spacial score (nSPS) is 11.8. The van der Waals surface area contributed by atoms with E-state index in [2.05, 4.69) is 22.8 Å². The van der Waals surface area contributed by atoms with E-state index in [0.29, 0.717) is 26.2 Å². The fourth-order valence-corrected chi connectivity index (χ4v) is 2.33. The Balaban J connectivity index is 1.72. The zero-order valence-electron chi connectivity index (χ0n) is 14.6. The van der Waals surface area contributed by atoms with Crippen LogP contribution in [-0.2, 0) is 17.8 Å². The molecule has 25 heavy (non-hydrogen) atoms. The minimum atomic E-state index is -0.420. The molecule has 0 spiro atoms. The summed E-state index contributed by atoms with van der Waals surface area (Å²) in [5, 5.41) is 14.7. The van der Waals surface area contributed by atoms with E-state index < -0.39 is 6.10 Å². The maximum Gasteiger partial charge on any atom is 0.319 e. The Kier molecular flexibility index (Phi) is 7.95. The number of anilines is 1. The van der Waals surface area contributed by atoms with Crippen molar-refractivity contribution in [2.75, 3.05) is 18.5 Å². The van der Waals surface area contributed by atoms with Gasteiger partial charge in [0.05, 0.1) is 19.3 Å². The third-order valence-corrected chi connectivity index (χ3v) is 3.68. The van der Waals surface area contributed by atoms with Crippen molar-refractivity contribution in [2.24, 2.45) is 0 Å². The Bertz CT molecular complexity index is 644. The van der Waals surface area contributed by atoms with E-state index in [4.69, 9.17) is 4.74 Å². The summed E-state index contributed by atoms with van der Waals surface area (Å²) in [5.74, 6) is 0. The van der Waals surface area contributed by atoms with Crippen LogP contribution in [-0.4, -0.2) is 30.4 Å². The fourth-order valence-electron chi connectivity index (χ4n) is 2.33. The molecule has 0 aliphatic heterocycles. The lowest BCUT2D eigenvalue weighted by atomic mass is 10.2. The second-order valence-corrected chi connectivity index (χ2v) is 6.01. The maximum absolute atomic E-state index is 11.8. The van der Waals surface area contributed by atoms with Gasteiger partial charge in [-0.05, 0) is 43.0 Å². The summed E-state index contributed by atoms with van der Waals surface area (Å²) in [4.78, 5) is 11.8. The van der Waals surface area contributed by atoms with E-state index in [0.717, 1.165) is 17.7 Å². The average Bonchev–Trinajstić information content (AvgIpc) is 2.60. The zero-order chi connectivity index (χ0) is 17.9. The van der Waals surface area contributed by atoms with E-state index in [9.17, 15) is 9.90 Å². The van der Waals surface area contributed by atoms with Crippen LogP contribution in [0.2, 0.25) is 0 Å². The highest BCUT2D eigenvalue weighted by atomic mass is 16.5. The van der Waals surface area contributed by atoms with Crippen molar-refractivity contribution >= 4 is 11.7 Å². The number of hydrogen-bond acceptors (Lipinski definition) is 3. The molecule has 1 atom stereocenters. The summed E-state index contributed by atoms with van der Waals surface area (Å²) < 4.78 is 5.72. The summed E-state index contributed by atoms with van der Waals surface area (Å²) in [6, 6.07) is 17.5. The van der Waals surface area contributed by atoms with Gasteiger partial charge in [-0.15, -0.1) is 0 Å². The second-order valence-electron chi connectivity index (χ2n) is 6.01. The Morgan fingerprint density at radius 1 is 1.12 bits per heavy atom. The third-order valence-electron chi connectivity index (χ3n) is 3.68. The van der Waals surface area contributed by atoms with Crippen molar-refractivity contribution < 1.29 is 14.6 Å². The molecule has 0 aliphatic rings. The maximum atomic E-state index is 11.8. The van der Waals surface area contributed by atoms with Crippen molar-refractivity contribution in [3.05, 3.63) is 65.7 Å². The van der Waals surface area contributed by atoms with Gasteiger partial charge < -0.3 is 20.5 Å². The molecule has 0 saturated carbocycles. The number of benzene rings is 2. The first-order valence-corrected chi connectivity index (χ1v) is 8.57. The highest BCUT2D eigenvalue weighted by Gasteiger charge is 2.03. The first-order valence-electron chi connectivity index (χ1n) is 8.57. The van der Waals surface area contributed by atoms with Crippen LogP contribution in [0.5, 0.6) is 0 Å². The van der Waals surface area contributed by atoms with Gasteiger partial charge in [0.25, 0.3) is 0 Å². The molecule has 2 amide bonds. The lowest BCUT2D eigenvalue weighted by Gasteiger charge is -2.10. The van der Waals surface area contributed by atoms with Crippen molar-refractivity contribution in [1.82, 2.24) is 5.32 Å². The first-order chi connectivity index (χ1) is 12.1. The van der Waals surface area contributed by atoms with Crippen molar-refractivity contribution in [3.63, 3.8) is 0 Å². The Morgan fingerprint density at radius 2 is 1.88 bits per heavy atom. The highest BCUT2D eigenvalue weighted by Crippen LogP contribution is 2.12. The topological polar surface area (TPSA) is 70.6 Å². The van der Waals surface area contributed by atoms with Crippen molar-refractivity contribution in [2.45, 2.75) is 32.5 Å². The van der Waals surface area contributed by atoms with Crippen LogP contribution in [0.3, 0.4) is 0 Å². The van der Waals surface area contributed by atoms with Gasteiger partial charge in [-0.3, -0.25) is 0 Å². The number of carbonyl (C=O) groups excluding carboxylic acids is 1. The SMILES string of the molecule is C[C@H](O)CCNC(=O)Nc1cccc(COCCc2ccccc2)c1. The number of rotatable bonds is 9. The van der Waals surface area contributed by atoms with E-state index >= 15 is 0 Å². The van der Waals surface area contributed by atoms with Gasteiger partial charge in [-0.2, -0.15) is 0 Å². The molecule has 0 heterocycles. The minimum Gasteiger partial charge on any atom is -0.393 e. The monoisotopic (exact) mass is 342 g/mol. The predicted octanol–water partition coefficient (Wildman–Crippen LogP) is 3.34. The van der Waals surface area contributed by atoms with Gasteiger partial charge in [-0.25, -0.2) is 4.79 Å². The molecule has 2 aromatic rings. The lowest BCUT2D eigenvalue weighted by molar-refractivity contribution is 0.124. The summed E-state index contributed by atoms with van der Waals surface area (Å²) >= 11 is 0. The Hall–Kier alpha value is -2.37. The quantitative estimate of drug-likeness (QED) is 0.612. The summed E-state index contributed by atoms with van der Waals surface area (Å²) in [5.41, 5.74) is 2.99. The number of aliphatic hydroxyl groups excluding tert-OH is 1. The van der Waals surface area contributed by atoms with Crippen LogP contribution in [0, 0.1) is 0 Å². The first kappa shape index (κ1) is 19.0. The number of nitrogens with one attached hydrogen (secondary N) is 2. The standard InChI is InChI=1S/C20H26N2O3/c1-16(23)10-12-21-20(24)22-19-9-5-8-18(14-19)15-25-13-11-17-6-3-2-4-7-17/h2-9,14,16,23H,10-13,15H2,1H3,(H2,21,22,24)/t16-/m0/s1. The molecule has 2 aromatic carbocycles. The average molecular weight is 342 g/mol. The number of aliphatic hydroxyl groups is 1. The number of urea groups is 1. The number of amides is 2. The molecule has 5 nitrogen and oxygen atoms in total. The lowest BCUT2D eigenvalue weighted by Crippen LogP contribution is -2.30. The molecule has 134 valence electrons. The smallest absolute Gasteiger partial charge is 0.319 e. The molecule has 5 heteroatoms. The van der Waals surface area contributed by atoms with Crippen LogP contribution < -0.4 is 10.6 Å². The third kappa shape index (κ3) is 7.83. The van der Waals surface area contributed by atoms with E-state index in [1.807, 2.05) is 42.5 Å². The van der Waals surface area contributed by atoms with Crippen LogP contribution in [0.25, 0.3) is 0 Å². The van der Waals surface area contributed by atoms with Crippen LogP contribution in [0.1, 0.15) is 24.5 Å². The largest absolute Gasteiger partial charge is 0.393 e. The Labute approximate surface area is 149 Å². The van der Waals surface area contributed by atoms with E-state index in [1.54, 1.807) is 6.92 Å².